The van der Waals surface area contributed by atoms with Gasteiger partial charge in [-0.05, 0) is 53.8 Å². The molecule has 174 valence electrons. The molecule has 0 amide bonds. The average molecular weight is 499 g/mol. The third-order valence-electron chi connectivity index (χ3n) is 6.26. The van der Waals surface area contributed by atoms with Crippen LogP contribution in [0.2, 0.25) is 0 Å². The zero-order valence-corrected chi connectivity index (χ0v) is 20.9. The molecule has 0 aliphatic heterocycles. The second kappa shape index (κ2) is 8.30. The van der Waals surface area contributed by atoms with Crippen LogP contribution < -0.4 is 0 Å². The van der Waals surface area contributed by atoms with Gasteiger partial charge in [0.2, 0.25) is 0 Å². The minimum Gasteiger partial charge on any atom is -0.291 e. The van der Waals surface area contributed by atoms with Crippen molar-refractivity contribution < 1.29 is 12.6 Å². The molecule has 2 heterocycles. The molecule has 0 N–H and O–H groups in total. The van der Waals surface area contributed by atoms with E-state index in [1.807, 2.05) is 54.8 Å². The van der Waals surface area contributed by atoms with Gasteiger partial charge in [0.05, 0.1) is 33.1 Å². The minimum absolute atomic E-state index is 0.0800. The fraction of sp³-hybridized carbons (Fsp3) is 0.107. The molecule has 0 fully saturated rings. The van der Waals surface area contributed by atoms with E-state index in [-0.39, 0.29) is 11.5 Å². The van der Waals surface area contributed by atoms with Crippen LogP contribution in [-0.2, 0) is 14.3 Å². The Morgan fingerprint density at radius 1 is 0.886 bits per heavy atom. The Labute approximate surface area is 207 Å². The molecule has 6 aromatic rings. The molecule has 0 saturated carbocycles. The number of imidazole rings is 1. The largest absolute Gasteiger partial charge is 0.297 e. The number of nitrogens with zero attached hydrogens (tertiary/aromatic N) is 2. The number of rotatable bonds is 5. The molecule has 0 atom stereocenters. The molecule has 0 aliphatic rings. The third-order valence-corrected chi connectivity index (χ3v) is 8.50. The number of aryl methyl sites for hydroxylation is 1. The Kier molecular flexibility index (Phi) is 5.21. The summed E-state index contributed by atoms with van der Waals surface area (Å²) >= 11 is 1.61. The van der Waals surface area contributed by atoms with Gasteiger partial charge in [-0.25, -0.2) is 4.98 Å². The SMILES string of the molecule is CCOS(=O)(=O)c1ccc(C)c(-n2c(-c3cccs3)nc3c4ccccc4c4ccccc4c32)c1. The first-order chi connectivity index (χ1) is 17.0. The van der Waals surface area contributed by atoms with Crippen molar-refractivity contribution in [1.29, 1.82) is 0 Å². The summed E-state index contributed by atoms with van der Waals surface area (Å²) < 4.78 is 32.8. The zero-order chi connectivity index (χ0) is 24.2. The maximum atomic E-state index is 12.8. The van der Waals surface area contributed by atoms with Crippen molar-refractivity contribution in [2.45, 2.75) is 18.7 Å². The second-order valence-electron chi connectivity index (χ2n) is 8.35. The van der Waals surface area contributed by atoms with Gasteiger partial charge in [-0.2, -0.15) is 8.42 Å². The van der Waals surface area contributed by atoms with Crippen LogP contribution >= 0.6 is 11.3 Å². The van der Waals surface area contributed by atoms with Crippen molar-refractivity contribution in [2.75, 3.05) is 6.61 Å². The Morgan fingerprint density at radius 3 is 2.26 bits per heavy atom. The highest BCUT2D eigenvalue weighted by Crippen LogP contribution is 2.40. The van der Waals surface area contributed by atoms with Crippen molar-refractivity contribution in [3.05, 3.63) is 89.8 Å². The fourth-order valence-electron chi connectivity index (χ4n) is 4.72. The molecule has 35 heavy (non-hydrogen) atoms. The van der Waals surface area contributed by atoms with E-state index < -0.39 is 10.1 Å². The van der Waals surface area contributed by atoms with E-state index in [1.165, 1.54) is 0 Å². The topological polar surface area (TPSA) is 61.2 Å². The molecular formula is C28H22N2O3S2. The summed E-state index contributed by atoms with van der Waals surface area (Å²) in [6.45, 7) is 3.73. The van der Waals surface area contributed by atoms with Crippen LogP contribution in [0, 0.1) is 6.92 Å². The predicted octanol–water partition coefficient (Wildman–Crippen LogP) is 7.09. The van der Waals surface area contributed by atoms with Crippen molar-refractivity contribution in [1.82, 2.24) is 9.55 Å². The van der Waals surface area contributed by atoms with Crippen molar-refractivity contribution >= 4 is 54.0 Å². The lowest BCUT2D eigenvalue weighted by Gasteiger charge is -2.15. The molecule has 5 nitrogen and oxygen atoms in total. The highest BCUT2D eigenvalue weighted by atomic mass is 32.2. The Balaban J connectivity index is 1.81. The van der Waals surface area contributed by atoms with Gasteiger partial charge in [0.25, 0.3) is 10.1 Å². The summed E-state index contributed by atoms with van der Waals surface area (Å²) in [4.78, 5) is 6.31. The Morgan fingerprint density at radius 2 is 1.57 bits per heavy atom. The lowest BCUT2D eigenvalue weighted by Crippen LogP contribution is -2.08. The van der Waals surface area contributed by atoms with E-state index in [4.69, 9.17) is 9.17 Å². The van der Waals surface area contributed by atoms with Crippen LogP contribution in [0.5, 0.6) is 0 Å². The Bertz CT molecular complexity index is 1840. The summed E-state index contributed by atoms with van der Waals surface area (Å²) in [6, 6.07) is 25.8. The number of hydrogen-bond acceptors (Lipinski definition) is 5. The van der Waals surface area contributed by atoms with Gasteiger partial charge < -0.3 is 0 Å². The molecule has 0 bridgehead atoms. The molecule has 0 radical (unpaired) electrons. The maximum Gasteiger partial charge on any atom is 0.297 e. The van der Waals surface area contributed by atoms with Gasteiger partial charge in [-0.15, -0.1) is 11.3 Å². The van der Waals surface area contributed by atoms with Gasteiger partial charge in [0.15, 0.2) is 5.82 Å². The maximum absolute atomic E-state index is 12.8. The van der Waals surface area contributed by atoms with E-state index in [0.29, 0.717) is 0 Å². The van der Waals surface area contributed by atoms with Gasteiger partial charge >= 0.3 is 0 Å². The highest BCUT2D eigenvalue weighted by Gasteiger charge is 2.23. The number of benzene rings is 4. The van der Waals surface area contributed by atoms with Crippen LogP contribution in [0.3, 0.4) is 0 Å². The normalized spacial score (nSPS) is 12.2. The zero-order valence-electron chi connectivity index (χ0n) is 19.2. The van der Waals surface area contributed by atoms with Gasteiger partial charge in [-0.1, -0.05) is 60.7 Å². The quantitative estimate of drug-likeness (QED) is 0.188. The van der Waals surface area contributed by atoms with Crippen LogP contribution in [0.4, 0.5) is 0 Å². The molecule has 4 aromatic carbocycles. The van der Waals surface area contributed by atoms with Gasteiger partial charge in [0, 0.05) is 10.8 Å². The summed E-state index contributed by atoms with van der Waals surface area (Å²) in [7, 11) is -3.87. The van der Waals surface area contributed by atoms with E-state index in [9.17, 15) is 8.42 Å². The van der Waals surface area contributed by atoms with E-state index in [2.05, 4.69) is 28.8 Å². The van der Waals surface area contributed by atoms with Crippen LogP contribution in [-0.4, -0.2) is 24.6 Å². The predicted molar refractivity (Wildman–Crippen MR) is 143 cm³/mol. The summed E-state index contributed by atoms with van der Waals surface area (Å²) in [6.07, 6.45) is 0. The molecule has 6 rings (SSSR count). The molecule has 0 aliphatic carbocycles. The standard InChI is InChI=1S/C28H22N2O3S2/c1-3-33-35(31,32)19-15-14-18(2)24(17-19)30-27-23-12-7-5-10-21(23)20-9-4-6-11-22(20)26(27)29-28(30)25-13-8-16-34-25/h4-17H,3H2,1-2H3. The van der Waals surface area contributed by atoms with Crippen LogP contribution in [0.1, 0.15) is 12.5 Å². The van der Waals surface area contributed by atoms with E-state index in [1.54, 1.807) is 30.4 Å². The lowest BCUT2D eigenvalue weighted by atomic mass is 10.00. The molecule has 0 spiro atoms. The summed E-state index contributed by atoms with van der Waals surface area (Å²) in [5, 5.41) is 6.42. The third kappa shape index (κ3) is 3.46. The fourth-order valence-corrected chi connectivity index (χ4v) is 6.36. The molecular weight excluding hydrogens is 476 g/mol. The van der Waals surface area contributed by atoms with E-state index in [0.717, 1.165) is 54.5 Å². The summed E-state index contributed by atoms with van der Waals surface area (Å²) in [5.41, 5.74) is 3.55. The molecule has 7 heteroatoms. The second-order valence-corrected chi connectivity index (χ2v) is 10.9. The number of aromatic nitrogens is 2. The lowest BCUT2D eigenvalue weighted by molar-refractivity contribution is 0.338. The molecule has 0 saturated heterocycles. The van der Waals surface area contributed by atoms with Crippen LogP contribution in [0.25, 0.3) is 49.0 Å². The Hall–Kier alpha value is -3.52. The number of fused-ring (bicyclic) bond motifs is 6. The van der Waals surface area contributed by atoms with Gasteiger partial charge in [0.1, 0.15) is 0 Å². The first-order valence-corrected chi connectivity index (χ1v) is 13.6. The monoisotopic (exact) mass is 498 g/mol. The number of hydrogen-bond donors (Lipinski definition) is 0. The number of thiophene rings is 1. The highest BCUT2D eigenvalue weighted by molar-refractivity contribution is 7.86. The van der Waals surface area contributed by atoms with Crippen molar-refractivity contribution in [3.63, 3.8) is 0 Å². The van der Waals surface area contributed by atoms with Gasteiger partial charge in [-0.3, -0.25) is 8.75 Å². The first-order valence-electron chi connectivity index (χ1n) is 11.4. The smallest absolute Gasteiger partial charge is 0.291 e. The van der Waals surface area contributed by atoms with Crippen molar-refractivity contribution in [2.24, 2.45) is 0 Å². The van der Waals surface area contributed by atoms with Crippen LogP contribution in [0.15, 0.2) is 89.1 Å². The molecule has 0 unspecified atom stereocenters. The summed E-state index contributed by atoms with van der Waals surface area (Å²) in [5.74, 6) is 0.783. The van der Waals surface area contributed by atoms with Crippen molar-refractivity contribution in [3.8, 4) is 16.4 Å². The average Bonchev–Trinajstić information content (AvgIpc) is 3.53. The first kappa shape index (κ1) is 22.0. The van der Waals surface area contributed by atoms with E-state index >= 15 is 0 Å². The minimum atomic E-state index is -3.87. The molecule has 2 aromatic heterocycles.